The summed E-state index contributed by atoms with van der Waals surface area (Å²) < 4.78 is 0. The lowest BCUT2D eigenvalue weighted by molar-refractivity contribution is 0.318. The van der Waals surface area contributed by atoms with Gasteiger partial charge in [0.2, 0.25) is 5.84 Å². The van der Waals surface area contributed by atoms with Gasteiger partial charge in [0.1, 0.15) is 6.07 Å². The molecule has 0 spiro atoms. The Balaban J connectivity index is 3.02. The van der Waals surface area contributed by atoms with E-state index in [-0.39, 0.29) is 11.7 Å². The summed E-state index contributed by atoms with van der Waals surface area (Å²) in [6, 6.07) is 1.84. The highest BCUT2D eigenvalue weighted by Crippen LogP contribution is 1.92. The lowest BCUT2D eigenvalue weighted by atomic mass is 10.4. The van der Waals surface area contributed by atoms with Crippen molar-refractivity contribution in [2.24, 2.45) is 10.9 Å². The Morgan fingerprint density at radius 2 is 2.17 bits per heavy atom. The van der Waals surface area contributed by atoms with Gasteiger partial charge in [-0.25, -0.2) is 9.97 Å². The van der Waals surface area contributed by atoms with Gasteiger partial charge in [-0.15, -0.1) is 0 Å². The fourth-order valence-electron chi connectivity index (χ4n) is 0.563. The van der Waals surface area contributed by atoms with E-state index < -0.39 is 0 Å². The number of nitrogens with zero attached hydrogens (tertiary/aromatic N) is 4. The highest BCUT2D eigenvalue weighted by Gasteiger charge is 2.01. The molecule has 6 heteroatoms. The molecule has 0 aliphatic rings. The van der Waals surface area contributed by atoms with Crippen LogP contribution in [-0.2, 0) is 0 Å². The summed E-state index contributed by atoms with van der Waals surface area (Å²) >= 11 is 0. The van der Waals surface area contributed by atoms with Gasteiger partial charge in [-0.05, 0) is 0 Å². The van der Waals surface area contributed by atoms with Crippen molar-refractivity contribution in [3.63, 3.8) is 0 Å². The first kappa shape index (κ1) is 7.94. The molecule has 1 rings (SSSR count). The largest absolute Gasteiger partial charge is 0.409 e. The Morgan fingerprint density at radius 1 is 1.58 bits per heavy atom. The van der Waals surface area contributed by atoms with E-state index in [0.717, 1.165) is 0 Å². The average Bonchev–Trinajstić information content (AvgIpc) is 2.17. The first-order valence-corrected chi connectivity index (χ1v) is 2.98. The number of nitrogens with two attached hydrogens (primary N) is 1. The smallest absolute Gasteiger partial charge is 0.207 e. The number of hydrogen-bond acceptors (Lipinski definition) is 5. The predicted octanol–water partition coefficient (Wildman–Crippen LogP) is -0.557. The van der Waals surface area contributed by atoms with E-state index >= 15 is 0 Å². The average molecular weight is 163 g/mol. The first-order valence-electron chi connectivity index (χ1n) is 2.98. The molecule has 0 atom stereocenters. The molecule has 0 aliphatic carbocycles. The van der Waals surface area contributed by atoms with Crippen molar-refractivity contribution in [3.8, 4) is 6.07 Å². The normalized spacial score (nSPS) is 10.8. The summed E-state index contributed by atoms with van der Waals surface area (Å²) in [6.07, 6.45) is 2.58. The maximum absolute atomic E-state index is 8.38. The molecule has 3 N–H and O–H groups in total. The first-order chi connectivity index (χ1) is 5.77. The lowest BCUT2D eigenvalue weighted by Crippen LogP contribution is -2.16. The summed E-state index contributed by atoms with van der Waals surface area (Å²) in [5, 5.41) is 19.3. The van der Waals surface area contributed by atoms with Crippen LogP contribution in [-0.4, -0.2) is 21.0 Å². The molecule has 1 heterocycles. The summed E-state index contributed by atoms with van der Waals surface area (Å²) in [5.41, 5.74) is 5.50. The molecule has 12 heavy (non-hydrogen) atoms. The Bertz CT molecular complexity index is 336. The van der Waals surface area contributed by atoms with E-state index in [1.165, 1.54) is 12.4 Å². The molecule has 0 bridgehead atoms. The SMILES string of the molecule is N#Cc1cnc(C(N)=NO)nc1. The van der Waals surface area contributed by atoms with E-state index in [0.29, 0.717) is 5.56 Å². The fourth-order valence-corrected chi connectivity index (χ4v) is 0.563. The van der Waals surface area contributed by atoms with Crippen LogP contribution in [0.25, 0.3) is 0 Å². The Labute approximate surface area is 68.0 Å². The second-order valence-electron chi connectivity index (χ2n) is 1.89. The molecule has 0 aliphatic heterocycles. The standard InChI is InChI=1S/C6H5N5O/c7-1-4-2-9-6(10-3-4)5(8)11-12/h2-3,12H,(H2,8,11). The van der Waals surface area contributed by atoms with Crippen LogP contribution in [0.1, 0.15) is 11.4 Å². The number of amidine groups is 1. The molecule has 0 aromatic carbocycles. The van der Waals surface area contributed by atoms with Gasteiger partial charge in [-0.1, -0.05) is 5.16 Å². The molecule has 0 unspecified atom stereocenters. The molecule has 0 amide bonds. The van der Waals surface area contributed by atoms with Gasteiger partial charge in [-0.2, -0.15) is 5.26 Å². The second kappa shape index (κ2) is 3.30. The quantitative estimate of drug-likeness (QED) is 0.250. The Morgan fingerprint density at radius 3 is 2.58 bits per heavy atom. The van der Waals surface area contributed by atoms with Crippen LogP contribution in [0.15, 0.2) is 17.5 Å². The molecular formula is C6H5N5O. The van der Waals surface area contributed by atoms with E-state index in [1.807, 2.05) is 6.07 Å². The minimum absolute atomic E-state index is 0.0940. The molecule has 0 saturated carbocycles. The van der Waals surface area contributed by atoms with Crippen molar-refractivity contribution >= 4 is 5.84 Å². The molecular weight excluding hydrogens is 158 g/mol. The topological polar surface area (TPSA) is 108 Å². The summed E-state index contributed by atoms with van der Waals surface area (Å²) in [6.45, 7) is 0. The predicted molar refractivity (Wildman–Crippen MR) is 39.3 cm³/mol. The van der Waals surface area contributed by atoms with Crippen LogP contribution in [0.3, 0.4) is 0 Å². The van der Waals surface area contributed by atoms with Crippen molar-refractivity contribution in [2.75, 3.05) is 0 Å². The van der Waals surface area contributed by atoms with E-state index in [1.54, 1.807) is 0 Å². The third-order valence-corrected chi connectivity index (χ3v) is 1.12. The van der Waals surface area contributed by atoms with Gasteiger partial charge in [-0.3, -0.25) is 0 Å². The van der Waals surface area contributed by atoms with Crippen LogP contribution < -0.4 is 5.73 Å². The Kier molecular flexibility index (Phi) is 2.18. The van der Waals surface area contributed by atoms with Gasteiger partial charge in [0.15, 0.2) is 5.82 Å². The number of aromatic nitrogens is 2. The zero-order chi connectivity index (χ0) is 8.97. The molecule has 0 radical (unpaired) electrons. The maximum Gasteiger partial charge on any atom is 0.207 e. The Hall–Kier alpha value is -2.16. The van der Waals surface area contributed by atoms with Crippen LogP contribution in [0.5, 0.6) is 0 Å². The molecule has 1 aromatic rings. The van der Waals surface area contributed by atoms with Gasteiger partial charge in [0.25, 0.3) is 0 Å². The monoisotopic (exact) mass is 163 g/mol. The number of nitriles is 1. The highest BCUT2D eigenvalue weighted by molar-refractivity contribution is 5.93. The summed E-state index contributed by atoms with van der Waals surface area (Å²) in [5.74, 6) is -0.0870. The van der Waals surface area contributed by atoms with Gasteiger partial charge < -0.3 is 10.9 Å². The van der Waals surface area contributed by atoms with Crippen molar-refractivity contribution in [1.82, 2.24) is 9.97 Å². The minimum atomic E-state index is -0.181. The molecule has 1 aromatic heterocycles. The van der Waals surface area contributed by atoms with Crippen LogP contribution in [0.4, 0.5) is 0 Å². The van der Waals surface area contributed by atoms with Crippen molar-refractivity contribution in [3.05, 3.63) is 23.8 Å². The third-order valence-electron chi connectivity index (χ3n) is 1.12. The lowest BCUT2D eigenvalue weighted by Gasteiger charge is -1.94. The van der Waals surface area contributed by atoms with Crippen LogP contribution >= 0.6 is 0 Å². The summed E-state index contributed by atoms with van der Waals surface area (Å²) in [7, 11) is 0. The number of rotatable bonds is 1. The van der Waals surface area contributed by atoms with E-state index in [2.05, 4.69) is 15.1 Å². The molecule has 60 valence electrons. The molecule has 6 nitrogen and oxygen atoms in total. The van der Waals surface area contributed by atoms with Gasteiger partial charge in [0.05, 0.1) is 5.56 Å². The van der Waals surface area contributed by atoms with Crippen molar-refractivity contribution in [2.45, 2.75) is 0 Å². The van der Waals surface area contributed by atoms with Crippen LogP contribution in [0.2, 0.25) is 0 Å². The second-order valence-corrected chi connectivity index (χ2v) is 1.89. The number of oxime groups is 1. The minimum Gasteiger partial charge on any atom is -0.409 e. The zero-order valence-electron chi connectivity index (χ0n) is 5.97. The van der Waals surface area contributed by atoms with E-state index in [9.17, 15) is 0 Å². The van der Waals surface area contributed by atoms with Gasteiger partial charge >= 0.3 is 0 Å². The van der Waals surface area contributed by atoms with E-state index in [4.69, 9.17) is 16.2 Å². The zero-order valence-corrected chi connectivity index (χ0v) is 5.97. The highest BCUT2D eigenvalue weighted by atomic mass is 16.4. The van der Waals surface area contributed by atoms with Crippen LogP contribution in [0, 0.1) is 11.3 Å². The molecule has 0 saturated heterocycles. The van der Waals surface area contributed by atoms with Crippen molar-refractivity contribution in [1.29, 1.82) is 5.26 Å². The number of hydrogen-bond donors (Lipinski definition) is 2. The maximum atomic E-state index is 8.38. The molecule has 0 fully saturated rings. The van der Waals surface area contributed by atoms with Crippen molar-refractivity contribution < 1.29 is 5.21 Å². The summed E-state index contributed by atoms with van der Waals surface area (Å²) in [4.78, 5) is 7.34. The van der Waals surface area contributed by atoms with Gasteiger partial charge in [0, 0.05) is 12.4 Å². The fraction of sp³-hybridized carbons (Fsp3) is 0. The third kappa shape index (κ3) is 1.46.